The first-order valence-corrected chi connectivity index (χ1v) is 5.32. The van der Waals surface area contributed by atoms with E-state index in [1.54, 1.807) is 26.3 Å². The van der Waals surface area contributed by atoms with Crippen LogP contribution in [0, 0.1) is 6.92 Å². The second kappa shape index (κ2) is 4.48. The molecule has 1 aromatic heterocycles. The number of carboxylic acids is 1. The average molecular weight is 247 g/mol. The monoisotopic (exact) mass is 247 g/mol. The molecule has 6 heteroatoms. The van der Waals surface area contributed by atoms with Crippen molar-refractivity contribution in [2.24, 2.45) is 7.05 Å². The van der Waals surface area contributed by atoms with Crippen LogP contribution in [0.25, 0.3) is 11.3 Å². The zero-order valence-corrected chi connectivity index (χ0v) is 10.3. The fourth-order valence-electron chi connectivity index (χ4n) is 1.77. The minimum absolute atomic E-state index is 0.0536. The van der Waals surface area contributed by atoms with Crippen molar-refractivity contribution < 1.29 is 14.6 Å². The van der Waals surface area contributed by atoms with Gasteiger partial charge in [-0.1, -0.05) is 0 Å². The van der Waals surface area contributed by atoms with E-state index >= 15 is 0 Å². The molecule has 0 bridgehead atoms. The van der Waals surface area contributed by atoms with Gasteiger partial charge in [0.2, 0.25) is 0 Å². The summed E-state index contributed by atoms with van der Waals surface area (Å²) in [6, 6.07) is 5.38. The molecule has 0 unspecified atom stereocenters. The predicted molar refractivity (Wildman–Crippen MR) is 64.7 cm³/mol. The van der Waals surface area contributed by atoms with Gasteiger partial charge in [0, 0.05) is 12.6 Å². The molecule has 0 atom stereocenters. The Morgan fingerprint density at radius 3 is 2.67 bits per heavy atom. The minimum Gasteiger partial charge on any atom is -0.496 e. The Balaban J connectivity index is 2.55. The van der Waals surface area contributed by atoms with Crippen molar-refractivity contribution in [1.82, 2.24) is 15.0 Å². The molecule has 2 aromatic rings. The summed E-state index contributed by atoms with van der Waals surface area (Å²) in [5.74, 6) is -0.342. The molecule has 0 saturated heterocycles. The Bertz CT molecular complexity index is 605. The third kappa shape index (κ3) is 2.04. The van der Waals surface area contributed by atoms with Crippen LogP contribution in [-0.4, -0.2) is 33.2 Å². The molecular formula is C12H13N3O3. The molecule has 0 aliphatic rings. The molecule has 0 spiro atoms. The molecule has 1 N–H and O–H groups in total. The summed E-state index contributed by atoms with van der Waals surface area (Å²) >= 11 is 0. The van der Waals surface area contributed by atoms with Crippen molar-refractivity contribution in [1.29, 1.82) is 0 Å². The third-order valence-electron chi connectivity index (χ3n) is 2.58. The second-order valence-corrected chi connectivity index (χ2v) is 3.88. The first kappa shape index (κ1) is 12.1. The summed E-state index contributed by atoms with van der Waals surface area (Å²) in [6.07, 6.45) is 0. The van der Waals surface area contributed by atoms with Crippen molar-refractivity contribution in [3.05, 3.63) is 29.5 Å². The SMILES string of the molecule is COc1ccc(-c2nn(C)nc2C(=O)O)cc1C. The number of benzene rings is 1. The van der Waals surface area contributed by atoms with Gasteiger partial charge < -0.3 is 9.84 Å². The quantitative estimate of drug-likeness (QED) is 0.889. The lowest BCUT2D eigenvalue weighted by molar-refractivity contribution is 0.0690. The number of aromatic carboxylic acids is 1. The highest BCUT2D eigenvalue weighted by molar-refractivity contribution is 5.92. The first-order valence-electron chi connectivity index (χ1n) is 5.32. The summed E-state index contributed by atoms with van der Waals surface area (Å²) in [5, 5.41) is 17.0. The van der Waals surface area contributed by atoms with E-state index in [1.165, 1.54) is 4.80 Å². The summed E-state index contributed by atoms with van der Waals surface area (Å²) in [7, 11) is 3.18. The molecule has 0 aliphatic carbocycles. The zero-order valence-electron chi connectivity index (χ0n) is 10.3. The van der Waals surface area contributed by atoms with Crippen LogP contribution in [0.4, 0.5) is 0 Å². The van der Waals surface area contributed by atoms with Gasteiger partial charge in [0.15, 0.2) is 5.69 Å². The molecule has 18 heavy (non-hydrogen) atoms. The molecule has 1 aromatic carbocycles. The Hall–Kier alpha value is -2.37. The molecule has 0 radical (unpaired) electrons. The number of hydrogen-bond donors (Lipinski definition) is 1. The van der Waals surface area contributed by atoms with Crippen LogP contribution in [0.3, 0.4) is 0 Å². The Morgan fingerprint density at radius 1 is 1.39 bits per heavy atom. The third-order valence-corrected chi connectivity index (χ3v) is 2.58. The van der Waals surface area contributed by atoms with E-state index in [2.05, 4.69) is 10.2 Å². The van der Waals surface area contributed by atoms with Gasteiger partial charge in [0.1, 0.15) is 11.4 Å². The van der Waals surface area contributed by atoms with Crippen LogP contribution in [0.1, 0.15) is 16.1 Å². The largest absolute Gasteiger partial charge is 0.496 e. The number of aryl methyl sites for hydroxylation is 2. The van der Waals surface area contributed by atoms with Crippen molar-refractivity contribution in [2.45, 2.75) is 6.92 Å². The fourth-order valence-corrected chi connectivity index (χ4v) is 1.77. The lowest BCUT2D eigenvalue weighted by Gasteiger charge is -2.05. The van der Waals surface area contributed by atoms with Crippen LogP contribution >= 0.6 is 0 Å². The number of aromatic nitrogens is 3. The van der Waals surface area contributed by atoms with Gasteiger partial charge >= 0.3 is 5.97 Å². The molecule has 0 saturated carbocycles. The average Bonchev–Trinajstić information content (AvgIpc) is 2.71. The van der Waals surface area contributed by atoms with Crippen molar-refractivity contribution in [3.63, 3.8) is 0 Å². The maximum Gasteiger partial charge on any atom is 0.358 e. The van der Waals surface area contributed by atoms with E-state index < -0.39 is 5.97 Å². The van der Waals surface area contributed by atoms with Gasteiger partial charge in [0.25, 0.3) is 0 Å². The van der Waals surface area contributed by atoms with Crippen molar-refractivity contribution in [2.75, 3.05) is 7.11 Å². The number of rotatable bonds is 3. The number of carboxylic acid groups (broad SMARTS) is 1. The topological polar surface area (TPSA) is 77.2 Å². The Morgan fingerprint density at radius 2 is 2.11 bits per heavy atom. The normalized spacial score (nSPS) is 10.4. The highest BCUT2D eigenvalue weighted by atomic mass is 16.5. The number of hydrogen-bond acceptors (Lipinski definition) is 4. The highest BCUT2D eigenvalue weighted by Gasteiger charge is 2.18. The van der Waals surface area contributed by atoms with Gasteiger partial charge in [-0.2, -0.15) is 9.90 Å². The zero-order chi connectivity index (χ0) is 13.3. The first-order chi connectivity index (χ1) is 8.52. The highest BCUT2D eigenvalue weighted by Crippen LogP contribution is 2.26. The number of methoxy groups -OCH3 is 1. The van der Waals surface area contributed by atoms with Crippen molar-refractivity contribution >= 4 is 5.97 Å². The van der Waals surface area contributed by atoms with Gasteiger partial charge in [-0.25, -0.2) is 4.79 Å². The lowest BCUT2D eigenvalue weighted by Crippen LogP contribution is -2.00. The number of ether oxygens (including phenoxy) is 1. The number of carbonyl (C=O) groups is 1. The number of nitrogens with zero attached hydrogens (tertiary/aromatic N) is 3. The van der Waals surface area contributed by atoms with E-state index in [1.807, 2.05) is 13.0 Å². The molecule has 94 valence electrons. The predicted octanol–water partition coefficient (Wildman–Crippen LogP) is 1.50. The van der Waals surface area contributed by atoms with Gasteiger partial charge in [-0.15, -0.1) is 5.10 Å². The van der Waals surface area contributed by atoms with Crippen LogP contribution in [0.2, 0.25) is 0 Å². The molecular weight excluding hydrogens is 234 g/mol. The van der Waals surface area contributed by atoms with E-state index in [9.17, 15) is 4.79 Å². The summed E-state index contributed by atoms with van der Waals surface area (Å²) in [6.45, 7) is 1.89. The minimum atomic E-state index is -1.09. The molecule has 0 aliphatic heterocycles. The van der Waals surface area contributed by atoms with Gasteiger partial charge in [-0.05, 0) is 30.7 Å². The Kier molecular flexibility index (Phi) is 3.01. The Labute approximate surface area is 104 Å². The summed E-state index contributed by atoms with van der Waals surface area (Å²) in [4.78, 5) is 12.3. The molecule has 1 heterocycles. The summed E-state index contributed by atoms with van der Waals surface area (Å²) < 4.78 is 5.16. The maximum absolute atomic E-state index is 11.1. The standard InChI is InChI=1S/C12H13N3O3/c1-7-6-8(4-5-9(7)18-3)10-11(12(16)17)14-15(2)13-10/h4-6H,1-3H3,(H,16,17). The second-order valence-electron chi connectivity index (χ2n) is 3.88. The fraction of sp³-hybridized carbons (Fsp3) is 0.250. The van der Waals surface area contributed by atoms with E-state index in [0.717, 1.165) is 11.3 Å². The lowest BCUT2D eigenvalue weighted by atomic mass is 10.1. The maximum atomic E-state index is 11.1. The molecule has 6 nitrogen and oxygen atoms in total. The van der Waals surface area contributed by atoms with E-state index in [4.69, 9.17) is 9.84 Å². The van der Waals surface area contributed by atoms with Gasteiger partial charge in [-0.3, -0.25) is 0 Å². The van der Waals surface area contributed by atoms with Crippen molar-refractivity contribution in [3.8, 4) is 17.0 Å². The smallest absolute Gasteiger partial charge is 0.358 e. The molecule has 0 amide bonds. The van der Waals surface area contributed by atoms with E-state index in [0.29, 0.717) is 11.3 Å². The summed E-state index contributed by atoms with van der Waals surface area (Å²) in [5.41, 5.74) is 1.92. The molecule has 2 rings (SSSR count). The van der Waals surface area contributed by atoms with Gasteiger partial charge in [0.05, 0.1) is 7.11 Å². The van der Waals surface area contributed by atoms with Crippen LogP contribution < -0.4 is 4.74 Å². The van der Waals surface area contributed by atoms with Crippen LogP contribution in [0.15, 0.2) is 18.2 Å². The van der Waals surface area contributed by atoms with E-state index in [-0.39, 0.29) is 5.69 Å². The molecule has 0 fully saturated rings. The van der Waals surface area contributed by atoms with Crippen LogP contribution in [-0.2, 0) is 7.05 Å². The van der Waals surface area contributed by atoms with Crippen LogP contribution in [0.5, 0.6) is 5.75 Å².